The van der Waals surface area contributed by atoms with E-state index in [1.165, 1.54) is 55.0 Å². The molecule has 7 aromatic rings. The van der Waals surface area contributed by atoms with Crippen molar-refractivity contribution in [1.29, 1.82) is 0 Å². The Hall–Kier alpha value is -4.82. The Balaban J connectivity index is 1.42. The highest BCUT2D eigenvalue weighted by Gasteiger charge is 2.21. The largest absolute Gasteiger partial charge is 0.456 e. The number of ether oxygens (including phenoxy) is 1. The highest BCUT2D eigenvalue weighted by molar-refractivity contribution is 6.13. The number of hydrogen-bond acceptors (Lipinski definition) is 1. The van der Waals surface area contributed by atoms with Crippen LogP contribution in [0.3, 0.4) is 0 Å². The van der Waals surface area contributed by atoms with Crippen molar-refractivity contribution in [1.82, 2.24) is 4.57 Å². The normalized spacial score (nSPS) is 12.1. The third-order valence-electron chi connectivity index (χ3n) is 7.40. The lowest BCUT2D eigenvalue weighted by Crippen LogP contribution is -1.97. The van der Waals surface area contributed by atoms with Gasteiger partial charge in [0.05, 0.1) is 11.0 Å². The Kier molecular flexibility index (Phi) is 3.97. The van der Waals surface area contributed by atoms with Gasteiger partial charge in [0.25, 0.3) is 0 Å². The summed E-state index contributed by atoms with van der Waals surface area (Å²) in [5.41, 5.74) is 8.39. The Bertz CT molecular complexity index is 1960. The van der Waals surface area contributed by atoms with Gasteiger partial charge in [-0.05, 0) is 58.5 Å². The summed E-state index contributed by atoms with van der Waals surface area (Å²) in [6.07, 6.45) is 0. The minimum absolute atomic E-state index is 0.916. The summed E-state index contributed by atoms with van der Waals surface area (Å²) in [5, 5.41) is 4.92. The average Bonchev–Trinajstić information content (AvgIpc) is 3.27. The molecule has 2 nitrogen and oxygen atoms in total. The molecule has 1 aromatic heterocycles. The van der Waals surface area contributed by atoms with Crippen LogP contribution in [0.2, 0.25) is 0 Å². The lowest BCUT2D eigenvalue weighted by atomic mass is 9.90. The van der Waals surface area contributed by atoms with Crippen molar-refractivity contribution in [3.05, 3.63) is 127 Å². The molecule has 36 heavy (non-hydrogen) atoms. The Morgan fingerprint density at radius 1 is 0.444 bits per heavy atom. The first-order chi connectivity index (χ1) is 17.9. The fourth-order valence-corrected chi connectivity index (χ4v) is 5.83. The molecule has 2 heterocycles. The van der Waals surface area contributed by atoms with Crippen LogP contribution >= 0.6 is 0 Å². The maximum absolute atomic E-state index is 6.32. The fraction of sp³-hybridized carbons (Fsp3) is 0. The molecule has 0 unspecified atom stereocenters. The molecule has 6 aromatic carbocycles. The molecule has 0 radical (unpaired) electrons. The van der Waals surface area contributed by atoms with Crippen molar-refractivity contribution in [3.8, 4) is 39.4 Å². The van der Waals surface area contributed by atoms with Crippen LogP contribution in [0.25, 0.3) is 60.5 Å². The van der Waals surface area contributed by atoms with Crippen molar-refractivity contribution >= 4 is 32.6 Å². The van der Waals surface area contributed by atoms with Crippen molar-refractivity contribution in [3.63, 3.8) is 0 Å². The first-order valence-electron chi connectivity index (χ1n) is 12.3. The topological polar surface area (TPSA) is 14.2 Å². The molecule has 0 atom stereocenters. The summed E-state index contributed by atoms with van der Waals surface area (Å²) in [7, 11) is 0. The predicted octanol–water partition coefficient (Wildman–Crippen LogP) is 9.38. The number of rotatable bonds is 2. The van der Waals surface area contributed by atoms with E-state index in [2.05, 4.69) is 120 Å². The second-order valence-electron chi connectivity index (χ2n) is 9.36. The zero-order chi connectivity index (χ0) is 23.6. The number of aromatic nitrogens is 1. The van der Waals surface area contributed by atoms with Crippen LogP contribution in [-0.2, 0) is 0 Å². The second-order valence-corrected chi connectivity index (χ2v) is 9.36. The van der Waals surface area contributed by atoms with E-state index in [0.29, 0.717) is 0 Å². The molecular formula is C34H21NO. The number of para-hydroxylation sites is 3. The van der Waals surface area contributed by atoms with Crippen LogP contribution in [0.15, 0.2) is 127 Å². The summed E-state index contributed by atoms with van der Waals surface area (Å²) in [4.78, 5) is 0. The van der Waals surface area contributed by atoms with E-state index in [4.69, 9.17) is 4.74 Å². The lowest BCUT2D eigenvalue weighted by Gasteiger charge is -2.22. The van der Waals surface area contributed by atoms with Crippen molar-refractivity contribution in [2.45, 2.75) is 0 Å². The molecule has 0 aliphatic carbocycles. The van der Waals surface area contributed by atoms with Crippen LogP contribution in [0.4, 0.5) is 0 Å². The maximum atomic E-state index is 6.32. The van der Waals surface area contributed by atoms with Gasteiger partial charge < -0.3 is 9.30 Å². The highest BCUT2D eigenvalue weighted by atomic mass is 16.5. The molecule has 0 N–H and O–H groups in total. The SMILES string of the molecule is c1ccc(-n2c3ccccc3c3ccc(-c4ccc5c6c(cccc46)-c4ccccc4O5)cc32)cc1. The van der Waals surface area contributed by atoms with E-state index in [-0.39, 0.29) is 0 Å². The van der Waals surface area contributed by atoms with E-state index >= 15 is 0 Å². The van der Waals surface area contributed by atoms with Crippen molar-refractivity contribution in [2.75, 3.05) is 0 Å². The van der Waals surface area contributed by atoms with Gasteiger partial charge in [-0.3, -0.25) is 0 Å². The summed E-state index contributed by atoms with van der Waals surface area (Å²) < 4.78 is 8.70. The summed E-state index contributed by atoms with van der Waals surface area (Å²) in [6, 6.07) is 45.3. The molecule has 0 fully saturated rings. The molecule has 168 valence electrons. The van der Waals surface area contributed by atoms with E-state index < -0.39 is 0 Å². The molecule has 1 aliphatic rings. The van der Waals surface area contributed by atoms with Gasteiger partial charge in [-0.15, -0.1) is 0 Å². The number of fused-ring (bicyclic) bond motifs is 5. The smallest absolute Gasteiger partial charge is 0.135 e. The quantitative estimate of drug-likeness (QED) is 0.251. The molecule has 1 aliphatic heterocycles. The number of benzene rings is 6. The molecule has 0 saturated carbocycles. The van der Waals surface area contributed by atoms with Gasteiger partial charge in [0, 0.05) is 27.4 Å². The van der Waals surface area contributed by atoms with Gasteiger partial charge in [-0.2, -0.15) is 0 Å². The molecular weight excluding hydrogens is 438 g/mol. The van der Waals surface area contributed by atoms with Gasteiger partial charge >= 0.3 is 0 Å². The number of nitrogens with zero attached hydrogens (tertiary/aromatic N) is 1. The standard InChI is InChI=1S/C34H21NO/c1-2-9-23(10-3-1)35-30-15-6-4-11-25(30)26-18-17-22(21-31(26)35)24-19-20-33-34-28(24)13-8-14-29(34)27-12-5-7-16-32(27)36-33/h1-21H. The van der Waals surface area contributed by atoms with E-state index in [1.807, 2.05) is 12.1 Å². The van der Waals surface area contributed by atoms with E-state index in [0.717, 1.165) is 17.1 Å². The zero-order valence-electron chi connectivity index (χ0n) is 19.5. The highest BCUT2D eigenvalue weighted by Crippen LogP contribution is 2.48. The predicted molar refractivity (Wildman–Crippen MR) is 149 cm³/mol. The van der Waals surface area contributed by atoms with Gasteiger partial charge in [0.2, 0.25) is 0 Å². The Labute approximate surface area is 208 Å². The monoisotopic (exact) mass is 459 g/mol. The van der Waals surface area contributed by atoms with Gasteiger partial charge in [-0.25, -0.2) is 0 Å². The van der Waals surface area contributed by atoms with Crippen molar-refractivity contribution in [2.24, 2.45) is 0 Å². The lowest BCUT2D eigenvalue weighted by molar-refractivity contribution is 0.487. The summed E-state index contributed by atoms with van der Waals surface area (Å²) in [6.45, 7) is 0. The van der Waals surface area contributed by atoms with Crippen LogP contribution in [0.1, 0.15) is 0 Å². The summed E-state index contributed by atoms with van der Waals surface area (Å²) >= 11 is 0. The minimum Gasteiger partial charge on any atom is -0.456 e. The third kappa shape index (κ3) is 2.67. The van der Waals surface area contributed by atoms with E-state index in [1.54, 1.807) is 0 Å². The van der Waals surface area contributed by atoms with E-state index in [9.17, 15) is 0 Å². The molecule has 0 amide bonds. The number of hydrogen-bond donors (Lipinski definition) is 0. The Morgan fingerprint density at radius 3 is 2.14 bits per heavy atom. The van der Waals surface area contributed by atoms with Crippen LogP contribution in [-0.4, -0.2) is 4.57 Å². The third-order valence-corrected chi connectivity index (χ3v) is 7.40. The first kappa shape index (κ1) is 19.5. The zero-order valence-corrected chi connectivity index (χ0v) is 19.5. The molecule has 8 rings (SSSR count). The minimum atomic E-state index is 0.916. The second kappa shape index (κ2) is 7.34. The molecule has 0 spiro atoms. The fourth-order valence-electron chi connectivity index (χ4n) is 5.83. The van der Waals surface area contributed by atoms with Crippen molar-refractivity contribution < 1.29 is 4.74 Å². The Morgan fingerprint density at radius 2 is 1.19 bits per heavy atom. The summed E-state index contributed by atoms with van der Waals surface area (Å²) in [5.74, 6) is 1.83. The van der Waals surface area contributed by atoms with Crippen LogP contribution < -0.4 is 4.74 Å². The molecule has 0 bridgehead atoms. The van der Waals surface area contributed by atoms with Crippen LogP contribution in [0, 0.1) is 0 Å². The maximum Gasteiger partial charge on any atom is 0.135 e. The molecule has 0 saturated heterocycles. The average molecular weight is 460 g/mol. The molecule has 2 heteroatoms. The van der Waals surface area contributed by atoms with Gasteiger partial charge in [0.15, 0.2) is 0 Å². The van der Waals surface area contributed by atoms with Crippen LogP contribution in [0.5, 0.6) is 11.5 Å². The first-order valence-corrected chi connectivity index (χ1v) is 12.3. The van der Waals surface area contributed by atoms with Gasteiger partial charge in [0.1, 0.15) is 11.5 Å². The van der Waals surface area contributed by atoms with Gasteiger partial charge in [-0.1, -0.05) is 91.0 Å².